The van der Waals surface area contributed by atoms with Crippen molar-refractivity contribution in [3.05, 3.63) is 47.0 Å². The van der Waals surface area contributed by atoms with Gasteiger partial charge in [0.15, 0.2) is 0 Å². The van der Waals surface area contributed by atoms with Crippen LogP contribution in [-0.2, 0) is 16.8 Å². The van der Waals surface area contributed by atoms with Gasteiger partial charge in [-0.2, -0.15) is 0 Å². The van der Waals surface area contributed by atoms with Gasteiger partial charge in [-0.3, -0.25) is 4.79 Å². The number of halogens is 2. The van der Waals surface area contributed by atoms with Crippen molar-refractivity contribution in [1.29, 1.82) is 4.78 Å². The van der Waals surface area contributed by atoms with Crippen molar-refractivity contribution in [3.8, 4) is 16.9 Å². The van der Waals surface area contributed by atoms with E-state index in [9.17, 15) is 17.8 Å². The van der Waals surface area contributed by atoms with Crippen molar-refractivity contribution in [2.24, 2.45) is 13.0 Å². The van der Waals surface area contributed by atoms with E-state index in [1.807, 2.05) is 0 Å². The summed E-state index contributed by atoms with van der Waals surface area (Å²) >= 11 is 0. The van der Waals surface area contributed by atoms with Gasteiger partial charge in [0.25, 0.3) is 11.5 Å². The topological polar surface area (TPSA) is 87.9 Å². The van der Waals surface area contributed by atoms with Crippen LogP contribution in [0.3, 0.4) is 0 Å². The number of fused-ring (bicyclic) bond motifs is 1. The fourth-order valence-corrected chi connectivity index (χ4v) is 5.50. The number of rotatable bonds is 6. The number of aromatic amines is 1. The summed E-state index contributed by atoms with van der Waals surface area (Å²) in [7, 11) is -1.34. The van der Waals surface area contributed by atoms with Gasteiger partial charge in [0.05, 0.1) is 22.3 Å². The van der Waals surface area contributed by atoms with Crippen LogP contribution in [0.4, 0.5) is 8.78 Å². The molecule has 2 unspecified atom stereocenters. The standard InChI is InChI=1S/C21H21F2N3O3S/c1-26-10-17(15-6-7-25-19(15)20(26)27)16-8-14(30(24,28)13-2-3-13)4-5-18(16)29-11-12-9-21(12,22)23/h4-8,10,12-13,24-25H,2-3,9,11H2,1H3. The fourth-order valence-electron chi connectivity index (χ4n) is 3.75. The first-order valence-corrected chi connectivity index (χ1v) is 11.4. The van der Waals surface area contributed by atoms with Crippen molar-refractivity contribution < 1.29 is 17.7 Å². The van der Waals surface area contributed by atoms with Crippen LogP contribution < -0.4 is 10.3 Å². The minimum absolute atomic E-state index is 0.125. The first kappa shape index (κ1) is 19.3. The Balaban J connectivity index is 1.65. The summed E-state index contributed by atoms with van der Waals surface area (Å²) in [6.45, 7) is -0.125. The number of ether oxygens (including phenoxy) is 1. The Morgan fingerprint density at radius 1 is 1.30 bits per heavy atom. The van der Waals surface area contributed by atoms with Crippen molar-refractivity contribution in [2.75, 3.05) is 6.61 Å². The molecule has 2 fully saturated rings. The lowest BCUT2D eigenvalue weighted by Gasteiger charge is -2.16. The Hall–Kier alpha value is -2.68. The number of nitrogens with zero attached hydrogens (tertiary/aromatic N) is 1. The van der Waals surface area contributed by atoms with Crippen LogP contribution in [0.5, 0.6) is 5.75 Å². The van der Waals surface area contributed by atoms with Gasteiger partial charge in [0.1, 0.15) is 11.3 Å². The maximum Gasteiger partial charge on any atom is 0.274 e. The molecule has 2 aliphatic carbocycles. The first-order chi connectivity index (χ1) is 14.2. The number of benzene rings is 1. The molecular formula is C21H21F2N3O3S. The molecule has 0 amide bonds. The Kier molecular flexibility index (Phi) is 4.12. The van der Waals surface area contributed by atoms with Gasteiger partial charge in [-0.25, -0.2) is 17.8 Å². The Morgan fingerprint density at radius 3 is 2.70 bits per heavy atom. The monoisotopic (exact) mass is 433 g/mol. The van der Waals surface area contributed by atoms with E-state index < -0.39 is 21.6 Å². The third-order valence-electron chi connectivity index (χ3n) is 5.88. The number of aromatic nitrogens is 2. The van der Waals surface area contributed by atoms with Crippen LogP contribution >= 0.6 is 0 Å². The van der Waals surface area contributed by atoms with Gasteiger partial charge in [-0.15, -0.1) is 0 Å². The molecule has 2 aliphatic rings. The second-order valence-corrected chi connectivity index (χ2v) is 10.5. The largest absolute Gasteiger partial charge is 0.492 e. The summed E-state index contributed by atoms with van der Waals surface area (Å²) in [6.07, 6.45) is 4.63. The molecule has 0 bridgehead atoms. The zero-order valence-corrected chi connectivity index (χ0v) is 17.1. The molecule has 158 valence electrons. The minimum atomic E-state index is -2.96. The molecule has 9 heteroatoms. The predicted molar refractivity (Wildman–Crippen MR) is 110 cm³/mol. The summed E-state index contributed by atoms with van der Waals surface area (Å²) < 4.78 is 55.2. The number of aryl methyl sites for hydroxylation is 1. The van der Waals surface area contributed by atoms with E-state index in [1.165, 1.54) is 4.57 Å². The summed E-state index contributed by atoms with van der Waals surface area (Å²) in [6, 6.07) is 6.61. The average molecular weight is 433 g/mol. The zero-order chi connectivity index (χ0) is 21.3. The summed E-state index contributed by atoms with van der Waals surface area (Å²) in [5, 5.41) is 0.495. The second-order valence-electron chi connectivity index (χ2n) is 8.16. The van der Waals surface area contributed by atoms with E-state index in [-0.39, 0.29) is 23.8 Å². The molecule has 6 nitrogen and oxygen atoms in total. The Morgan fingerprint density at radius 2 is 2.03 bits per heavy atom. The summed E-state index contributed by atoms with van der Waals surface area (Å²) in [5.74, 6) is -3.13. The Bertz CT molecular complexity index is 1320. The molecule has 2 atom stereocenters. The van der Waals surface area contributed by atoms with E-state index in [2.05, 4.69) is 4.98 Å². The number of pyridine rings is 1. The number of nitrogens with one attached hydrogen (secondary N) is 2. The third-order valence-corrected chi connectivity index (χ3v) is 8.24. The highest BCUT2D eigenvalue weighted by molar-refractivity contribution is 7.93. The highest BCUT2D eigenvalue weighted by Gasteiger charge is 2.57. The van der Waals surface area contributed by atoms with Gasteiger partial charge >= 0.3 is 0 Å². The summed E-state index contributed by atoms with van der Waals surface area (Å²) in [5.41, 5.74) is 1.40. The van der Waals surface area contributed by atoms with Gasteiger partial charge in [0, 0.05) is 52.5 Å². The van der Waals surface area contributed by atoms with E-state index in [1.54, 1.807) is 43.7 Å². The average Bonchev–Trinajstić information content (AvgIpc) is 3.60. The van der Waals surface area contributed by atoms with Crippen molar-refractivity contribution in [1.82, 2.24) is 9.55 Å². The molecule has 1 aromatic carbocycles. The number of H-pyrrole nitrogens is 1. The third kappa shape index (κ3) is 3.12. The van der Waals surface area contributed by atoms with Crippen LogP contribution in [0, 0.1) is 10.7 Å². The maximum absolute atomic E-state index is 13.3. The smallest absolute Gasteiger partial charge is 0.274 e. The molecule has 2 saturated carbocycles. The number of hydrogen-bond acceptors (Lipinski definition) is 4. The lowest BCUT2D eigenvalue weighted by Crippen LogP contribution is -2.16. The van der Waals surface area contributed by atoms with E-state index in [0.29, 0.717) is 32.7 Å². The SMILES string of the molecule is Cn1cc(-c2cc(S(=N)(=O)C3CC3)ccc2OCC2CC2(F)F)c2cc[nH]c2c1=O. The molecule has 2 heterocycles. The van der Waals surface area contributed by atoms with Gasteiger partial charge in [-0.05, 0) is 37.1 Å². The van der Waals surface area contributed by atoms with Gasteiger partial charge in [-0.1, -0.05) is 0 Å². The molecule has 0 saturated heterocycles. The van der Waals surface area contributed by atoms with E-state index in [4.69, 9.17) is 9.52 Å². The molecule has 0 radical (unpaired) electrons. The zero-order valence-electron chi connectivity index (χ0n) is 16.3. The number of hydrogen-bond donors (Lipinski definition) is 2. The molecule has 2 aromatic heterocycles. The lowest BCUT2D eigenvalue weighted by atomic mass is 10.0. The Labute approximate surface area is 171 Å². The minimum Gasteiger partial charge on any atom is -0.492 e. The van der Waals surface area contributed by atoms with Crippen LogP contribution in [-0.4, -0.2) is 31.5 Å². The molecule has 0 spiro atoms. The maximum atomic E-state index is 13.3. The second kappa shape index (κ2) is 6.41. The van der Waals surface area contributed by atoms with Crippen LogP contribution in [0.1, 0.15) is 19.3 Å². The first-order valence-electron chi connectivity index (χ1n) is 9.78. The molecule has 0 aliphatic heterocycles. The van der Waals surface area contributed by atoms with Crippen molar-refractivity contribution in [2.45, 2.75) is 35.3 Å². The number of alkyl halides is 2. The quantitative estimate of drug-likeness (QED) is 0.613. The molecule has 2 N–H and O–H groups in total. The van der Waals surface area contributed by atoms with Crippen molar-refractivity contribution in [3.63, 3.8) is 0 Å². The van der Waals surface area contributed by atoms with Crippen LogP contribution in [0.2, 0.25) is 0 Å². The fraction of sp³-hybridized carbons (Fsp3) is 0.381. The van der Waals surface area contributed by atoms with E-state index in [0.717, 1.165) is 12.8 Å². The summed E-state index contributed by atoms with van der Waals surface area (Å²) in [4.78, 5) is 15.7. The molecule has 3 aromatic rings. The lowest BCUT2D eigenvalue weighted by molar-refractivity contribution is 0.0857. The van der Waals surface area contributed by atoms with Gasteiger partial charge in [0.2, 0.25) is 0 Å². The molecule has 5 rings (SSSR count). The van der Waals surface area contributed by atoms with Gasteiger partial charge < -0.3 is 14.3 Å². The highest BCUT2D eigenvalue weighted by Crippen LogP contribution is 2.49. The molecular weight excluding hydrogens is 412 g/mol. The van der Waals surface area contributed by atoms with Crippen molar-refractivity contribution >= 4 is 20.6 Å². The molecule has 30 heavy (non-hydrogen) atoms. The highest BCUT2D eigenvalue weighted by atomic mass is 32.2. The normalized spacial score (nSPS) is 22.0. The van der Waals surface area contributed by atoms with Crippen LogP contribution in [0.25, 0.3) is 22.0 Å². The van der Waals surface area contributed by atoms with E-state index >= 15 is 0 Å². The predicted octanol–water partition coefficient (Wildman–Crippen LogP) is 4.14. The van der Waals surface area contributed by atoms with Crippen LogP contribution in [0.15, 0.2) is 46.3 Å².